The van der Waals surface area contributed by atoms with Crippen LogP contribution in [-0.2, 0) is 9.53 Å². The van der Waals surface area contributed by atoms with Gasteiger partial charge in [0.1, 0.15) is 6.61 Å². The Morgan fingerprint density at radius 3 is 3.08 bits per heavy atom. The molecule has 1 fully saturated rings. The van der Waals surface area contributed by atoms with E-state index in [1.807, 2.05) is 0 Å². The van der Waals surface area contributed by atoms with Crippen LogP contribution in [0.25, 0.3) is 0 Å². The Bertz CT molecular complexity index is 175. The molecule has 76 valence electrons. The van der Waals surface area contributed by atoms with E-state index >= 15 is 0 Å². The summed E-state index contributed by atoms with van der Waals surface area (Å²) in [5, 5.41) is 8.38. The Labute approximate surface area is 77.5 Å². The lowest BCUT2D eigenvalue weighted by molar-refractivity contribution is -0.144. The number of aliphatic carboxylic acids is 1. The lowest BCUT2D eigenvalue weighted by Gasteiger charge is -2.13. The fourth-order valence-corrected chi connectivity index (χ4v) is 1.51. The molecule has 0 saturated carbocycles. The summed E-state index contributed by atoms with van der Waals surface area (Å²) in [7, 11) is 0. The topological polar surface area (TPSA) is 75.8 Å². The average Bonchev–Trinajstić information content (AvgIpc) is 2.50. The van der Waals surface area contributed by atoms with Crippen molar-refractivity contribution in [3.63, 3.8) is 0 Å². The minimum Gasteiger partial charge on any atom is -0.480 e. The van der Waals surface area contributed by atoms with E-state index in [0.29, 0.717) is 6.54 Å². The molecule has 1 atom stereocenters. The van der Waals surface area contributed by atoms with Crippen molar-refractivity contribution in [2.24, 2.45) is 5.73 Å². The zero-order valence-electron chi connectivity index (χ0n) is 7.61. The molecule has 3 N–H and O–H groups in total. The van der Waals surface area contributed by atoms with Crippen molar-refractivity contribution in [3.8, 4) is 0 Å². The van der Waals surface area contributed by atoms with Gasteiger partial charge in [-0.2, -0.15) is 0 Å². The summed E-state index contributed by atoms with van der Waals surface area (Å²) in [6, 6.07) is 0. The molecule has 5 heteroatoms. The van der Waals surface area contributed by atoms with Gasteiger partial charge >= 0.3 is 5.97 Å². The van der Waals surface area contributed by atoms with E-state index in [9.17, 15) is 4.79 Å². The normalized spacial score (nSPS) is 23.6. The van der Waals surface area contributed by atoms with E-state index in [1.54, 1.807) is 0 Å². The highest BCUT2D eigenvalue weighted by Gasteiger charge is 2.22. The first-order chi connectivity index (χ1) is 6.22. The Balaban J connectivity index is 2.13. The highest BCUT2D eigenvalue weighted by atomic mass is 16.5. The Kier molecular flexibility index (Phi) is 4.14. The molecule has 0 aliphatic carbocycles. The zero-order chi connectivity index (χ0) is 9.68. The van der Waals surface area contributed by atoms with Crippen molar-refractivity contribution in [1.29, 1.82) is 0 Å². The number of hydrogen-bond acceptors (Lipinski definition) is 4. The molecule has 0 radical (unpaired) electrons. The lowest BCUT2D eigenvalue weighted by Crippen LogP contribution is -2.29. The summed E-state index contributed by atoms with van der Waals surface area (Å²) < 4.78 is 5.16. The van der Waals surface area contributed by atoms with Crippen LogP contribution in [0.4, 0.5) is 0 Å². The highest BCUT2D eigenvalue weighted by molar-refractivity contribution is 5.68. The van der Waals surface area contributed by atoms with E-state index in [2.05, 4.69) is 4.90 Å². The van der Waals surface area contributed by atoms with Crippen LogP contribution in [0.1, 0.15) is 6.42 Å². The maximum absolute atomic E-state index is 10.2. The maximum atomic E-state index is 10.2. The second kappa shape index (κ2) is 5.16. The third-order valence-corrected chi connectivity index (χ3v) is 2.12. The van der Waals surface area contributed by atoms with Gasteiger partial charge in [0.25, 0.3) is 0 Å². The molecule has 1 saturated heterocycles. The summed E-state index contributed by atoms with van der Waals surface area (Å²) in [6.07, 6.45) is 0.982. The van der Waals surface area contributed by atoms with E-state index in [4.69, 9.17) is 15.6 Å². The predicted molar refractivity (Wildman–Crippen MR) is 47.5 cm³/mol. The van der Waals surface area contributed by atoms with Crippen LogP contribution in [0.5, 0.6) is 0 Å². The van der Waals surface area contributed by atoms with Crippen LogP contribution >= 0.6 is 0 Å². The summed E-state index contributed by atoms with van der Waals surface area (Å²) >= 11 is 0. The van der Waals surface area contributed by atoms with E-state index in [0.717, 1.165) is 26.1 Å². The molecule has 0 amide bonds. The van der Waals surface area contributed by atoms with Crippen molar-refractivity contribution in [3.05, 3.63) is 0 Å². The van der Waals surface area contributed by atoms with Gasteiger partial charge in [-0.25, -0.2) is 4.79 Å². The smallest absolute Gasteiger partial charge is 0.329 e. The molecule has 0 aromatic heterocycles. The van der Waals surface area contributed by atoms with Crippen molar-refractivity contribution in [1.82, 2.24) is 4.90 Å². The first-order valence-corrected chi connectivity index (χ1v) is 4.48. The summed E-state index contributed by atoms with van der Waals surface area (Å²) in [5.74, 6) is -0.905. The number of rotatable bonds is 5. The van der Waals surface area contributed by atoms with Crippen molar-refractivity contribution in [2.75, 3.05) is 32.8 Å². The third kappa shape index (κ3) is 3.71. The number of carboxylic acid groups (broad SMARTS) is 1. The number of ether oxygens (including phenoxy) is 1. The molecule has 0 spiro atoms. The molecule has 0 aromatic rings. The van der Waals surface area contributed by atoms with Crippen LogP contribution in [-0.4, -0.2) is 54.9 Å². The van der Waals surface area contributed by atoms with Crippen LogP contribution in [0.15, 0.2) is 0 Å². The standard InChI is InChI=1S/C8H16N2O3/c9-2-4-10-3-1-7(5-10)13-6-8(11)12/h7H,1-6,9H2,(H,11,12). The summed E-state index contributed by atoms with van der Waals surface area (Å²) in [6.45, 7) is 3.09. The molecule has 13 heavy (non-hydrogen) atoms. The van der Waals surface area contributed by atoms with Gasteiger partial charge in [-0.15, -0.1) is 0 Å². The zero-order valence-corrected chi connectivity index (χ0v) is 7.61. The molecule has 1 unspecified atom stereocenters. The molecule has 0 aromatic carbocycles. The molecular formula is C8H16N2O3. The fraction of sp³-hybridized carbons (Fsp3) is 0.875. The van der Waals surface area contributed by atoms with Gasteiger partial charge in [0.05, 0.1) is 6.10 Å². The van der Waals surface area contributed by atoms with Gasteiger partial charge in [0.2, 0.25) is 0 Å². The number of carbonyl (C=O) groups is 1. The first kappa shape index (κ1) is 10.4. The second-order valence-corrected chi connectivity index (χ2v) is 3.20. The van der Waals surface area contributed by atoms with Crippen LogP contribution < -0.4 is 5.73 Å². The Morgan fingerprint density at radius 1 is 1.69 bits per heavy atom. The monoisotopic (exact) mass is 188 g/mol. The second-order valence-electron chi connectivity index (χ2n) is 3.20. The van der Waals surface area contributed by atoms with Crippen LogP contribution in [0.2, 0.25) is 0 Å². The number of likely N-dealkylation sites (tertiary alicyclic amines) is 1. The minimum atomic E-state index is -0.905. The van der Waals surface area contributed by atoms with Crippen LogP contribution in [0, 0.1) is 0 Å². The minimum absolute atomic E-state index is 0.0719. The van der Waals surface area contributed by atoms with Gasteiger partial charge in [-0.3, -0.25) is 4.90 Å². The molecule has 5 nitrogen and oxygen atoms in total. The molecule has 0 bridgehead atoms. The van der Waals surface area contributed by atoms with Crippen LogP contribution in [0.3, 0.4) is 0 Å². The largest absolute Gasteiger partial charge is 0.480 e. The summed E-state index contributed by atoms with van der Waals surface area (Å²) in [4.78, 5) is 12.4. The number of nitrogens with zero attached hydrogens (tertiary/aromatic N) is 1. The molecule has 1 heterocycles. The maximum Gasteiger partial charge on any atom is 0.329 e. The highest BCUT2D eigenvalue weighted by Crippen LogP contribution is 2.11. The van der Waals surface area contributed by atoms with Gasteiger partial charge in [-0.05, 0) is 6.42 Å². The van der Waals surface area contributed by atoms with Crippen molar-refractivity contribution in [2.45, 2.75) is 12.5 Å². The van der Waals surface area contributed by atoms with E-state index < -0.39 is 5.97 Å². The quantitative estimate of drug-likeness (QED) is 0.586. The summed E-state index contributed by atoms with van der Waals surface area (Å²) in [5.41, 5.74) is 5.40. The Hall–Kier alpha value is -0.650. The first-order valence-electron chi connectivity index (χ1n) is 4.48. The molecule has 1 rings (SSSR count). The predicted octanol–water partition coefficient (Wildman–Crippen LogP) is -0.879. The van der Waals surface area contributed by atoms with Gasteiger partial charge < -0.3 is 15.6 Å². The Morgan fingerprint density at radius 2 is 2.46 bits per heavy atom. The van der Waals surface area contributed by atoms with Gasteiger partial charge in [0, 0.05) is 26.2 Å². The van der Waals surface area contributed by atoms with E-state index in [-0.39, 0.29) is 12.7 Å². The van der Waals surface area contributed by atoms with Crippen molar-refractivity contribution < 1.29 is 14.6 Å². The van der Waals surface area contributed by atoms with Crippen molar-refractivity contribution >= 4 is 5.97 Å². The van der Waals surface area contributed by atoms with E-state index in [1.165, 1.54) is 0 Å². The van der Waals surface area contributed by atoms with Gasteiger partial charge in [-0.1, -0.05) is 0 Å². The third-order valence-electron chi connectivity index (χ3n) is 2.12. The SMILES string of the molecule is NCCN1CCC(OCC(=O)O)C1. The molecule has 1 aliphatic rings. The average molecular weight is 188 g/mol. The number of hydrogen-bond donors (Lipinski definition) is 2. The number of carboxylic acids is 1. The lowest BCUT2D eigenvalue weighted by atomic mass is 10.3. The fourth-order valence-electron chi connectivity index (χ4n) is 1.51. The number of nitrogens with two attached hydrogens (primary N) is 1. The molecular weight excluding hydrogens is 172 g/mol. The van der Waals surface area contributed by atoms with Gasteiger partial charge in [0.15, 0.2) is 0 Å². The molecule has 1 aliphatic heterocycles.